The van der Waals surface area contributed by atoms with Gasteiger partial charge in [-0.3, -0.25) is 9.59 Å². The summed E-state index contributed by atoms with van der Waals surface area (Å²) in [5, 5.41) is 3.00. The van der Waals surface area contributed by atoms with Gasteiger partial charge in [0.05, 0.1) is 0 Å². The molecular formula is C19H28N2O2. The Hall–Kier alpha value is -1.84. The fourth-order valence-corrected chi connectivity index (χ4v) is 2.96. The van der Waals surface area contributed by atoms with Crippen molar-refractivity contribution < 1.29 is 9.59 Å². The van der Waals surface area contributed by atoms with Gasteiger partial charge in [0.2, 0.25) is 11.8 Å². The summed E-state index contributed by atoms with van der Waals surface area (Å²) in [5.74, 6) is 0.788. The SMILES string of the molecule is CCCC(=O)N1CCC(C(=O)Nc2ccc(C(C)C)cc2)CC1. The van der Waals surface area contributed by atoms with E-state index in [1.807, 2.05) is 24.0 Å². The highest BCUT2D eigenvalue weighted by molar-refractivity contribution is 5.92. The molecule has 1 N–H and O–H groups in total. The molecule has 4 nitrogen and oxygen atoms in total. The van der Waals surface area contributed by atoms with Gasteiger partial charge in [-0.1, -0.05) is 32.9 Å². The molecule has 1 saturated heterocycles. The Morgan fingerprint density at radius 1 is 1.17 bits per heavy atom. The number of nitrogens with one attached hydrogen (secondary N) is 1. The van der Waals surface area contributed by atoms with Gasteiger partial charge in [-0.2, -0.15) is 0 Å². The smallest absolute Gasteiger partial charge is 0.227 e. The van der Waals surface area contributed by atoms with E-state index in [9.17, 15) is 9.59 Å². The maximum atomic E-state index is 12.4. The van der Waals surface area contributed by atoms with Crippen LogP contribution in [0.5, 0.6) is 0 Å². The third-order valence-electron chi connectivity index (χ3n) is 4.53. The zero-order valence-corrected chi connectivity index (χ0v) is 14.5. The minimum Gasteiger partial charge on any atom is -0.343 e. The first-order valence-electron chi connectivity index (χ1n) is 8.69. The van der Waals surface area contributed by atoms with E-state index < -0.39 is 0 Å². The molecule has 1 aliphatic heterocycles. The van der Waals surface area contributed by atoms with Crippen LogP contribution in [0.1, 0.15) is 57.9 Å². The minimum absolute atomic E-state index is 0.00505. The molecule has 4 heteroatoms. The molecule has 0 atom stereocenters. The number of nitrogens with zero attached hydrogens (tertiary/aromatic N) is 1. The molecule has 0 unspecified atom stereocenters. The van der Waals surface area contributed by atoms with Gasteiger partial charge in [0.15, 0.2) is 0 Å². The molecule has 0 aromatic heterocycles. The predicted octanol–water partition coefficient (Wildman–Crippen LogP) is 3.79. The van der Waals surface area contributed by atoms with Crippen LogP contribution in [0.4, 0.5) is 5.69 Å². The molecule has 0 spiro atoms. The Kier molecular flexibility index (Phi) is 6.20. The third kappa shape index (κ3) is 4.81. The molecule has 2 amide bonds. The number of likely N-dealkylation sites (tertiary alicyclic amines) is 1. The molecule has 1 fully saturated rings. The number of hydrogen-bond acceptors (Lipinski definition) is 2. The molecule has 23 heavy (non-hydrogen) atoms. The van der Waals surface area contributed by atoms with E-state index >= 15 is 0 Å². The molecule has 2 rings (SSSR count). The van der Waals surface area contributed by atoms with Gasteiger partial charge in [0.1, 0.15) is 0 Å². The molecular weight excluding hydrogens is 288 g/mol. The van der Waals surface area contributed by atoms with Crippen LogP contribution in [0.25, 0.3) is 0 Å². The van der Waals surface area contributed by atoms with Gasteiger partial charge in [-0.05, 0) is 42.9 Å². The van der Waals surface area contributed by atoms with E-state index in [0.29, 0.717) is 25.4 Å². The summed E-state index contributed by atoms with van der Waals surface area (Å²) in [4.78, 5) is 26.1. The van der Waals surface area contributed by atoms with Crippen LogP contribution in [0.2, 0.25) is 0 Å². The second kappa shape index (κ2) is 8.14. The lowest BCUT2D eigenvalue weighted by Crippen LogP contribution is -2.41. The second-order valence-electron chi connectivity index (χ2n) is 6.67. The number of piperidine rings is 1. The van der Waals surface area contributed by atoms with Crippen molar-refractivity contribution in [2.75, 3.05) is 18.4 Å². The molecule has 0 aliphatic carbocycles. The van der Waals surface area contributed by atoms with Crippen molar-refractivity contribution in [1.29, 1.82) is 0 Å². The quantitative estimate of drug-likeness (QED) is 0.898. The molecule has 1 aliphatic rings. The normalized spacial score (nSPS) is 15.7. The Labute approximate surface area is 139 Å². The molecule has 1 aromatic carbocycles. The first-order chi connectivity index (χ1) is 11.0. The zero-order valence-electron chi connectivity index (χ0n) is 14.5. The minimum atomic E-state index is 0.00505. The van der Waals surface area contributed by atoms with Crippen LogP contribution in [0.15, 0.2) is 24.3 Å². The fourth-order valence-electron chi connectivity index (χ4n) is 2.96. The van der Waals surface area contributed by atoms with Crippen molar-refractivity contribution in [3.63, 3.8) is 0 Å². The highest BCUT2D eigenvalue weighted by Crippen LogP contribution is 2.21. The van der Waals surface area contributed by atoms with E-state index in [0.717, 1.165) is 24.9 Å². The van der Waals surface area contributed by atoms with Crippen LogP contribution < -0.4 is 5.32 Å². The summed E-state index contributed by atoms with van der Waals surface area (Å²) in [6.45, 7) is 7.72. The predicted molar refractivity (Wildman–Crippen MR) is 93.4 cm³/mol. The van der Waals surface area contributed by atoms with Crippen molar-refractivity contribution in [3.05, 3.63) is 29.8 Å². The Morgan fingerprint density at radius 3 is 2.30 bits per heavy atom. The maximum Gasteiger partial charge on any atom is 0.227 e. The number of hydrogen-bond donors (Lipinski definition) is 1. The molecule has 126 valence electrons. The summed E-state index contributed by atoms with van der Waals surface area (Å²) in [6, 6.07) is 8.05. The summed E-state index contributed by atoms with van der Waals surface area (Å²) < 4.78 is 0. The number of carbonyl (C=O) groups is 2. The lowest BCUT2D eigenvalue weighted by molar-refractivity contribution is -0.134. The van der Waals surface area contributed by atoms with Gasteiger partial charge >= 0.3 is 0 Å². The van der Waals surface area contributed by atoms with E-state index in [4.69, 9.17) is 0 Å². The maximum absolute atomic E-state index is 12.4. The average Bonchev–Trinajstić information content (AvgIpc) is 2.55. The first-order valence-corrected chi connectivity index (χ1v) is 8.69. The lowest BCUT2D eigenvalue weighted by atomic mass is 9.95. The van der Waals surface area contributed by atoms with Crippen LogP contribution in [0, 0.1) is 5.92 Å². The molecule has 1 aromatic rings. The standard InChI is InChI=1S/C19H28N2O2/c1-4-5-18(22)21-12-10-16(11-13-21)19(23)20-17-8-6-15(7-9-17)14(2)3/h6-9,14,16H,4-5,10-13H2,1-3H3,(H,20,23). The average molecular weight is 316 g/mol. The van der Waals surface area contributed by atoms with Crippen molar-refractivity contribution in [2.45, 2.75) is 52.4 Å². The molecule has 0 saturated carbocycles. The van der Waals surface area contributed by atoms with E-state index in [1.54, 1.807) is 0 Å². The van der Waals surface area contributed by atoms with Crippen LogP contribution >= 0.6 is 0 Å². The van der Waals surface area contributed by atoms with E-state index in [-0.39, 0.29) is 17.7 Å². The van der Waals surface area contributed by atoms with Crippen molar-refractivity contribution in [3.8, 4) is 0 Å². The topological polar surface area (TPSA) is 49.4 Å². The monoisotopic (exact) mass is 316 g/mol. The number of anilines is 1. The van der Waals surface area contributed by atoms with Gasteiger partial charge in [0.25, 0.3) is 0 Å². The van der Waals surface area contributed by atoms with E-state index in [2.05, 4.69) is 31.3 Å². The highest BCUT2D eigenvalue weighted by atomic mass is 16.2. The van der Waals surface area contributed by atoms with Gasteiger partial charge in [-0.25, -0.2) is 0 Å². The largest absolute Gasteiger partial charge is 0.343 e. The lowest BCUT2D eigenvalue weighted by Gasteiger charge is -2.31. The number of carbonyl (C=O) groups excluding carboxylic acids is 2. The second-order valence-corrected chi connectivity index (χ2v) is 6.67. The van der Waals surface area contributed by atoms with Crippen molar-refractivity contribution >= 4 is 17.5 Å². The van der Waals surface area contributed by atoms with Gasteiger partial charge < -0.3 is 10.2 Å². The first kappa shape index (κ1) is 17.5. The molecule has 0 bridgehead atoms. The Morgan fingerprint density at radius 2 is 1.78 bits per heavy atom. The van der Waals surface area contributed by atoms with Crippen LogP contribution in [-0.4, -0.2) is 29.8 Å². The van der Waals surface area contributed by atoms with E-state index in [1.165, 1.54) is 5.56 Å². The van der Waals surface area contributed by atoms with Crippen LogP contribution in [0.3, 0.4) is 0 Å². The number of amides is 2. The summed E-state index contributed by atoms with van der Waals surface area (Å²) in [7, 11) is 0. The zero-order chi connectivity index (χ0) is 16.8. The molecule has 1 heterocycles. The Balaban J connectivity index is 1.84. The van der Waals surface area contributed by atoms with Crippen LogP contribution in [-0.2, 0) is 9.59 Å². The van der Waals surface area contributed by atoms with Crippen molar-refractivity contribution in [2.24, 2.45) is 5.92 Å². The summed E-state index contributed by atoms with van der Waals surface area (Å²) in [5.41, 5.74) is 2.12. The number of rotatable bonds is 5. The Bertz CT molecular complexity index is 529. The van der Waals surface area contributed by atoms with Gasteiger partial charge in [-0.15, -0.1) is 0 Å². The van der Waals surface area contributed by atoms with Gasteiger partial charge in [0, 0.05) is 31.1 Å². The fraction of sp³-hybridized carbons (Fsp3) is 0.579. The summed E-state index contributed by atoms with van der Waals surface area (Å²) >= 11 is 0. The molecule has 0 radical (unpaired) electrons. The van der Waals surface area contributed by atoms with Crippen molar-refractivity contribution in [1.82, 2.24) is 4.90 Å². The highest BCUT2D eigenvalue weighted by Gasteiger charge is 2.26. The third-order valence-corrected chi connectivity index (χ3v) is 4.53. The number of benzene rings is 1. The summed E-state index contributed by atoms with van der Waals surface area (Å²) in [6.07, 6.45) is 3.00.